The number of hydrogen-bond acceptors (Lipinski definition) is 10. The van der Waals surface area contributed by atoms with Gasteiger partial charge in [-0.05, 0) is 19.8 Å². The number of rotatable bonds is 30. The summed E-state index contributed by atoms with van der Waals surface area (Å²) in [7, 11) is 0. The van der Waals surface area contributed by atoms with Gasteiger partial charge in [0.2, 0.25) is 0 Å². The van der Waals surface area contributed by atoms with Crippen molar-refractivity contribution in [2.24, 2.45) is 0 Å². The molecular formula is C29H54N2O10. The highest BCUT2D eigenvalue weighted by molar-refractivity contribution is 6.22. The summed E-state index contributed by atoms with van der Waals surface area (Å²) in [6, 6.07) is 0. The first-order valence-electron chi connectivity index (χ1n) is 15.1. The minimum absolute atomic E-state index is 0.156. The third kappa shape index (κ3) is 18.5. The molecule has 0 aromatic rings. The molecule has 2 amide bonds. The fraction of sp³-hybridized carbons (Fsp3) is 0.862. The van der Waals surface area contributed by atoms with E-state index in [1.807, 2.05) is 0 Å². The van der Waals surface area contributed by atoms with E-state index in [1.165, 1.54) is 10.0 Å². The molecule has 1 fully saturated rings. The number of allylic oxidation sites excluding steroid dienone is 1. The first kappa shape index (κ1) is 37.4. The average Bonchev–Trinajstić information content (AvgIpc) is 3.20. The summed E-state index contributed by atoms with van der Waals surface area (Å²) in [5.74, 6) is -0.653. The van der Waals surface area contributed by atoms with Crippen LogP contribution in [0.1, 0.15) is 46.5 Å². The smallest absolute Gasteiger partial charge is 0.277 e. The van der Waals surface area contributed by atoms with Crippen LogP contribution >= 0.6 is 0 Å². The standard InChI is InChI=1S/C29H54N2O10/c1-4-7-11-34-15-19-38-23-25-40-21-17-36-13-9-30-28(32)27(6-3)29(33)31(30)10-14-37-18-22-41-26-24-39-20-16-35-12-8-5-2/h6H,4-5,7-26H2,1-3H3. The predicted molar refractivity (Wildman–Crippen MR) is 154 cm³/mol. The molecule has 12 nitrogen and oxygen atoms in total. The highest BCUT2D eigenvalue weighted by Crippen LogP contribution is 2.19. The average molecular weight is 591 g/mol. The first-order valence-corrected chi connectivity index (χ1v) is 15.1. The maximum atomic E-state index is 12.7. The van der Waals surface area contributed by atoms with Gasteiger partial charge >= 0.3 is 0 Å². The van der Waals surface area contributed by atoms with Gasteiger partial charge < -0.3 is 37.9 Å². The quantitative estimate of drug-likeness (QED) is 0.0701. The lowest BCUT2D eigenvalue weighted by molar-refractivity contribution is -0.150. The number of carbonyl (C=O) groups is 2. The predicted octanol–water partition coefficient (Wildman–Crippen LogP) is 2.25. The Bertz CT molecular complexity index is 628. The second kappa shape index (κ2) is 27.2. The van der Waals surface area contributed by atoms with Gasteiger partial charge in [-0.2, -0.15) is 0 Å². The maximum Gasteiger partial charge on any atom is 0.277 e. The van der Waals surface area contributed by atoms with Crippen molar-refractivity contribution in [3.05, 3.63) is 11.6 Å². The SMILES string of the molecule is CC=C1C(=O)N(CCOCCOCCOCCOCCCC)N(CCOCCOCCOCCOCCCC)C1=O. The number of ether oxygens (including phenoxy) is 8. The van der Waals surface area contributed by atoms with E-state index in [9.17, 15) is 9.59 Å². The molecule has 1 saturated heterocycles. The summed E-state index contributed by atoms with van der Waals surface area (Å²) in [5, 5.41) is 2.83. The fourth-order valence-electron chi connectivity index (χ4n) is 3.60. The molecule has 1 heterocycles. The number of nitrogens with zero attached hydrogens (tertiary/aromatic N) is 2. The number of hydrogen-bond donors (Lipinski definition) is 0. The van der Waals surface area contributed by atoms with E-state index in [2.05, 4.69) is 13.8 Å². The lowest BCUT2D eigenvalue weighted by atomic mass is 10.2. The van der Waals surface area contributed by atoms with Gasteiger partial charge in [0.25, 0.3) is 11.8 Å². The van der Waals surface area contributed by atoms with E-state index in [-0.39, 0.29) is 43.7 Å². The highest BCUT2D eigenvalue weighted by atomic mass is 16.6. The summed E-state index contributed by atoms with van der Waals surface area (Å²) in [5.41, 5.74) is 0.156. The summed E-state index contributed by atoms with van der Waals surface area (Å²) in [4.78, 5) is 25.4. The Labute approximate surface area is 246 Å². The second-order valence-corrected chi connectivity index (χ2v) is 9.17. The molecule has 0 aromatic carbocycles. The van der Waals surface area contributed by atoms with Crippen LogP contribution < -0.4 is 0 Å². The molecule has 0 N–H and O–H groups in total. The number of unbranched alkanes of at least 4 members (excludes halogenated alkanes) is 2. The van der Waals surface area contributed by atoms with Crippen molar-refractivity contribution in [3.8, 4) is 0 Å². The number of carbonyl (C=O) groups excluding carboxylic acids is 2. The molecule has 12 heteroatoms. The Kier molecular flexibility index (Phi) is 24.8. The van der Waals surface area contributed by atoms with Crippen molar-refractivity contribution in [1.29, 1.82) is 0 Å². The zero-order chi connectivity index (χ0) is 29.8. The molecule has 0 atom stereocenters. The minimum Gasteiger partial charge on any atom is -0.379 e. The van der Waals surface area contributed by atoms with Crippen molar-refractivity contribution in [1.82, 2.24) is 10.0 Å². The first-order chi connectivity index (χ1) is 20.2. The van der Waals surface area contributed by atoms with Crippen molar-refractivity contribution >= 4 is 11.8 Å². The second-order valence-electron chi connectivity index (χ2n) is 9.17. The van der Waals surface area contributed by atoms with E-state index >= 15 is 0 Å². The summed E-state index contributed by atoms with van der Waals surface area (Å²) in [6.07, 6.45) is 5.92. The van der Waals surface area contributed by atoms with Gasteiger partial charge in [-0.3, -0.25) is 9.59 Å². The van der Waals surface area contributed by atoms with Crippen molar-refractivity contribution in [2.75, 3.05) is 119 Å². The van der Waals surface area contributed by atoms with Gasteiger partial charge in [0.05, 0.1) is 106 Å². The Morgan fingerprint density at radius 2 is 0.732 bits per heavy atom. The van der Waals surface area contributed by atoms with Gasteiger partial charge in [-0.15, -0.1) is 0 Å². The van der Waals surface area contributed by atoms with Crippen LogP contribution in [0.4, 0.5) is 0 Å². The number of amides is 2. The monoisotopic (exact) mass is 590 g/mol. The zero-order valence-electron chi connectivity index (χ0n) is 25.6. The molecule has 0 bridgehead atoms. The van der Waals surface area contributed by atoms with E-state index in [0.29, 0.717) is 79.3 Å². The Hall–Kier alpha value is -1.64. The maximum absolute atomic E-state index is 12.7. The van der Waals surface area contributed by atoms with Crippen LogP contribution in [0.25, 0.3) is 0 Å². The summed E-state index contributed by atoms with van der Waals surface area (Å²) >= 11 is 0. The third-order valence-corrected chi connectivity index (χ3v) is 5.92. The van der Waals surface area contributed by atoms with Crippen molar-refractivity contribution in [3.63, 3.8) is 0 Å². The summed E-state index contributed by atoms with van der Waals surface area (Å²) < 4.78 is 44.0. The Balaban J connectivity index is 2.08. The Morgan fingerprint density at radius 1 is 0.463 bits per heavy atom. The van der Waals surface area contributed by atoms with Crippen molar-refractivity contribution < 1.29 is 47.5 Å². The molecule has 0 saturated carbocycles. The van der Waals surface area contributed by atoms with E-state index in [4.69, 9.17) is 37.9 Å². The molecule has 41 heavy (non-hydrogen) atoms. The van der Waals surface area contributed by atoms with Crippen LogP contribution in [-0.4, -0.2) is 141 Å². The summed E-state index contributed by atoms with van der Waals surface area (Å²) in [6.45, 7) is 14.4. The van der Waals surface area contributed by atoms with Gasteiger partial charge in [0, 0.05) is 13.2 Å². The third-order valence-electron chi connectivity index (χ3n) is 5.92. The normalized spacial score (nSPS) is 13.7. The van der Waals surface area contributed by atoms with E-state index < -0.39 is 0 Å². The Morgan fingerprint density at radius 3 is 1.00 bits per heavy atom. The molecule has 240 valence electrons. The molecular weight excluding hydrogens is 536 g/mol. The largest absolute Gasteiger partial charge is 0.379 e. The molecule has 1 rings (SSSR count). The zero-order valence-corrected chi connectivity index (χ0v) is 25.6. The molecule has 0 aromatic heterocycles. The highest BCUT2D eigenvalue weighted by Gasteiger charge is 2.39. The van der Waals surface area contributed by atoms with Crippen LogP contribution in [0.3, 0.4) is 0 Å². The van der Waals surface area contributed by atoms with Crippen LogP contribution in [0.5, 0.6) is 0 Å². The van der Waals surface area contributed by atoms with Crippen LogP contribution in [0.2, 0.25) is 0 Å². The van der Waals surface area contributed by atoms with Gasteiger partial charge in [0.1, 0.15) is 5.57 Å². The molecule has 0 aliphatic carbocycles. The van der Waals surface area contributed by atoms with E-state index in [1.54, 1.807) is 13.0 Å². The van der Waals surface area contributed by atoms with Gasteiger partial charge in [-0.25, -0.2) is 10.0 Å². The molecule has 1 aliphatic rings. The molecule has 0 unspecified atom stereocenters. The van der Waals surface area contributed by atoms with Gasteiger partial charge in [0.15, 0.2) is 0 Å². The van der Waals surface area contributed by atoms with Crippen LogP contribution in [-0.2, 0) is 47.5 Å². The molecule has 0 spiro atoms. The topological polar surface area (TPSA) is 114 Å². The van der Waals surface area contributed by atoms with Crippen LogP contribution in [0, 0.1) is 0 Å². The molecule has 0 radical (unpaired) electrons. The lowest BCUT2D eigenvalue weighted by Crippen LogP contribution is -2.44. The van der Waals surface area contributed by atoms with E-state index in [0.717, 1.165) is 38.9 Å². The molecule has 1 aliphatic heterocycles. The van der Waals surface area contributed by atoms with Crippen molar-refractivity contribution in [2.45, 2.75) is 46.5 Å². The van der Waals surface area contributed by atoms with Gasteiger partial charge in [-0.1, -0.05) is 32.8 Å². The number of hydrazine groups is 1. The minimum atomic E-state index is -0.327. The fourth-order valence-corrected chi connectivity index (χ4v) is 3.60. The van der Waals surface area contributed by atoms with Crippen LogP contribution in [0.15, 0.2) is 11.6 Å². The lowest BCUT2D eigenvalue weighted by Gasteiger charge is -2.27.